The summed E-state index contributed by atoms with van der Waals surface area (Å²) in [7, 11) is 5.18. The number of methoxy groups -OCH3 is 2. The van der Waals surface area contributed by atoms with Crippen molar-refractivity contribution in [2.45, 2.75) is 18.6 Å². The average Bonchev–Trinajstić information content (AvgIpc) is 2.51. The SMILES string of the molecule is COc1cc(N)c(Cl)cc1C(=O)NC1CCN(C)CC1OC. The Morgan fingerprint density at radius 1 is 1.45 bits per heavy atom. The van der Waals surface area contributed by atoms with Crippen LogP contribution < -0.4 is 15.8 Å². The lowest BCUT2D eigenvalue weighted by molar-refractivity contribution is 0.0142. The van der Waals surface area contributed by atoms with E-state index in [0.29, 0.717) is 22.0 Å². The minimum absolute atomic E-state index is 0.0436. The summed E-state index contributed by atoms with van der Waals surface area (Å²) >= 11 is 6.01. The van der Waals surface area contributed by atoms with Crippen molar-refractivity contribution in [3.05, 3.63) is 22.7 Å². The zero-order valence-corrected chi connectivity index (χ0v) is 13.8. The van der Waals surface area contributed by atoms with E-state index in [0.717, 1.165) is 19.5 Å². The van der Waals surface area contributed by atoms with Crippen molar-refractivity contribution < 1.29 is 14.3 Å². The predicted molar refractivity (Wildman–Crippen MR) is 86.6 cm³/mol. The summed E-state index contributed by atoms with van der Waals surface area (Å²) in [5.74, 6) is 0.164. The van der Waals surface area contributed by atoms with Crippen LogP contribution in [0.2, 0.25) is 5.02 Å². The van der Waals surface area contributed by atoms with Gasteiger partial charge in [-0.2, -0.15) is 0 Å². The Labute approximate surface area is 135 Å². The van der Waals surface area contributed by atoms with Crippen LogP contribution in [0.1, 0.15) is 16.8 Å². The molecular weight excluding hydrogens is 306 g/mol. The molecule has 0 aromatic heterocycles. The van der Waals surface area contributed by atoms with Gasteiger partial charge in [-0.1, -0.05) is 11.6 Å². The third kappa shape index (κ3) is 3.63. The molecule has 0 aliphatic carbocycles. The Kier molecular flexibility index (Phi) is 5.50. The molecule has 1 saturated heterocycles. The fraction of sp³-hybridized carbons (Fsp3) is 0.533. The third-order valence-electron chi connectivity index (χ3n) is 3.94. The van der Waals surface area contributed by atoms with E-state index in [9.17, 15) is 4.79 Å². The second-order valence-electron chi connectivity index (χ2n) is 5.48. The molecule has 1 amide bonds. The number of hydrogen-bond donors (Lipinski definition) is 2. The molecule has 1 aromatic carbocycles. The normalized spacial score (nSPS) is 22.4. The van der Waals surface area contributed by atoms with E-state index in [4.69, 9.17) is 26.8 Å². The largest absolute Gasteiger partial charge is 0.496 e. The number of hydrogen-bond acceptors (Lipinski definition) is 5. The molecule has 6 nitrogen and oxygen atoms in total. The van der Waals surface area contributed by atoms with E-state index in [1.54, 1.807) is 13.2 Å². The predicted octanol–water partition coefficient (Wildman–Crippen LogP) is 1.38. The van der Waals surface area contributed by atoms with Crippen molar-refractivity contribution in [2.75, 3.05) is 40.1 Å². The van der Waals surface area contributed by atoms with Crippen LogP contribution in [0.5, 0.6) is 5.75 Å². The van der Waals surface area contributed by atoms with Crippen LogP contribution in [-0.2, 0) is 4.74 Å². The monoisotopic (exact) mass is 327 g/mol. The maximum atomic E-state index is 12.5. The standard InChI is InChI=1S/C15H22ClN3O3/c1-19-5-4-12(14(8-19)22-3)18-15(20)9-6-10(16)11(17)7-13(9)21-2/h6-7,12,14H,4-5,8,17H2,1-3H3,(H,18,20). The first-order valence-electron chi connectivity index (χ1n) is 7.11. The topological polar surface area (TPSA) is 76.8 Å². The lowest BCUT2D eigenvalue weighted by atomic mass is 10.0. The second kappa shape index (κ2) is 7.17. The number of carbonyl (C=O) groups is 1. The number of benzene rings is 1. The van der Waals surface area contributed by atoms with Crippen molar-refractivity contribution >= 4 is 23.2 Å². The summed E-state index contributed by atoms with van der Waals surface area (Å²) in [6.07, 6.45) is 0.782. The number of nitrogen functional groups attached to an aromatic ring is 1. The summed E-state index contributed by atoms with van der Waals surface area (Å²) in [5, 5.41) is 3.34. The number of amides is 1. The molecule has 1 aliphatic heterocycles. The number of piperidine rings is 1. The Balaban J connectivity index is 2.16. The number of ether oxygens (including phenoxy) is 2. The summed E-state index contributed by atoms with van der Waals surface area (Å²) < 4.78 is 10.7. The van der Waals surface area contributed by atoms with Gasteiger partial charge in [-0.15, -0.1) is 0 Å². The fourth-order valence-electron chi connectivity index (χ4n) is 2.64. The Hall–Kier alpha value is -1.50. The molecule has 7 heteroatoms. The number of likely N-dealkylation sites (N-methyl/N-ethyl adjacent to an activating group) is 1. The van der Waals surface area contributed by atoms with Gasteiger partial charge in [-0.3, -0.25) is 4.79 Å². The third-order valence-corrected chi connectivity index (χ3v) is 4.27. The lowest BCUT2D eigenvalue weighted by Crippen LogP contribution is -2.53. The highest BCUT2D eigenvalue weighted by Crippen LogP contribution is 2.29. The summed E-state index contributed by atoms with van der Waals surface area (Å²) in [4.78, 5) is 14.7. The van der Waals surface area contributed by atoms with Crippen molar-refractivity contribution in [3.63, 3.8) is 0 Å². The van der Waals surface area contributed by atoms with Gasteiger partial charge < -0.3 is 25.4 Å². The van der Waals surface area contributed by atoms with Gasteiger partial charge in [-0.25, -0.2) is 0 Å². The van der Waals surface area contributed by atoms with Crippen molar-refractivity contribution in [1.29, 1.82) is 0 Å². The minimum atomic E-state index is -0.240. The number of carbonyl (C=O) groups excluding carboxylic acids is 1. The molecule has 1 aliphatic rings. The first kappa shape index (κ1) is 16.9. The van der Waals surface area contributed by atoms with Gasteiger partial charge in [0.2, 0.25) is 0 Å². The van der Waals surface area contributed by atoms with Crippen LogP contribution >= 0.6 is 11.6 Å². The van der Waals surface area contributed by atoms with E-state index in [1.165, 1.54) is 13.2 Å². The molecular formula is C15H22ClN3O3. The Bertz CT molecular complexity index is 553. The highest BCUT2D eigenvalue weighted by atomic mass is 35.5. The molecule has 2 rings (SSSR count). The van der Waals surface area contributed by atoms with E-state index in [2.05, 4.69) is 10.2 Å². The number of nitrogens with two attached hydrogens (primary N) is 1. The average molecular weight is 328 g/mol. The van der Waals surface area contributed by atoms with Crippen LogP contribution in [0, 0.1) is 0 Å². The van der Waals surface area contributed by atoms with Crippen molar-refractivity contribution in [2.24, 2.45) is 0 Å². The second-order valence-corrected chi connectivity index (χ2v) is 5.89. The van der Waals surface area contributed by atoms with Gasteiger partial charge in [0.05, 0.1) is 35.5 Å². The van der Waals surface area contributed by atoms with Gasteiger partial charge >= 0.3 is 0 Å². The number of likely N-dealkylation sites (tertiary alicyclic amines) is 1. The number of anilines is 1. The molecule has 122 valence electrons. The van der Waals surface area contributed by atoms with Crippen molar-refractivity contribution in [1.82, 2.24) is 10.2 Å². The number of halogens is 1. The molecule has 22 heavy (non-hydrogen) atoms. The zero-order valence-electron chi connectivity index (χ0n) is 13.1. The lowest BCUT2D eigenvalue weighted by Gasteiger charge is -2.36. The van der Waals surface area contributed by atoms with E-state index < -0.39 is 0 Å². The van der Waals surface area contributed by atoms with Gasteiger partial charge in [-0.05, 0) is 26.1 Å². The van der Waals surface area contributed by atoms with E-state index >= 15 is 0 Å². The first-order valence-corrected chi connectivity index (χ1v) is 7.49. The molecule has 1 fully saturated rings. The number of rotatable bonds is 4. The summed E-state index contributed by atoms with van der Waals surface area (Å²) in [6, 6.07) is 3.04. The Morgan fingerprint density at radius 3 is 2.82 bits per heavy atom. The van der Waals surface area contributed by atoms with E-state index in [-0.39, 0.29) is 18.1 Å². The molecule has 1 heterocycles. The van der Waals surface area contributed by atoms with Gasteiger partial charge in [0.15, 0.2) is 0 Å². The maximum absolute atomic E-state index is 12.5. The minimum Gasteiger partial charge on any atom is -0.496 e. The van der Waals surface area contributed by atoms with Crippen LogP contribution in [0.4, 0.5) is 5.69 Å². The molecule has 0 saturated carbocycles. The van der Waals surface area contributed by atoms with E-state index in [1.807, 2.05) is 7.05 Å². The smallest absolute Gasteiger partial charge is 0.255 e. The molecule has 0 radical (unpaired) electrons. The molecule has 0 bridgehead atoms. The molecule has 1 aromatic rings. The van der Waals surface area contributed by atoms with Crippen LogP contribution in [0.3, 0.4) is 0 Å². The number of nitrogens with one attached hydrogen (secondary N) is 1. The zero-order chi connectivity index (χ0) is 16.3. The van der Waals surface area contributed by atoms with Gasteiger partial charge in [0, 0.05) is 19.7 Å². The molecule has 0 spiro atoms. The molecule has 2 unspecified atom stereocenters. The highest BCUT2D eigenvalue weighted by molar-refractivity contribution is 6.33. The quantitative estimate of drug-likeness (QED) is 0.817. The van der Waals surface area contributed by atoms with Crippen molar-refractivity contribution in [3.8, 4) is 5.75 Å². The number of nitrogens with zero attached hydrogens (tertiary/aromatic N) is 1. The summed E-state index contributed by atoms with van der Waals surface area (Å²) in [5.41, 5.74) is 6.49. The van der Waals surface area contributed by atoms with Gasteiger partial charge in [0.25, 0.3) is 5.91 Å². The van der Waals surface area contributed by atoms with Gasteiger partial charge in [0.1, 0.15) is 5.75 Å². The Morgan fingerprint density at radius 2 is 2.18 bits per heavy atom. The summed E-state index contributed by atoms with van der Waals surface area (Å²) in [6.45, 7) is 1.69. The first-order chi connectivity index (χ1) is 10.5. The fourth-order valence-corrected chi connectivity index (χ4v) is 2.80. The van der Waals surface area contributed by atoms with Crippen LogP contribution in [-0.4, -0.2) is 57.3 Å². The van der Waals surface area contributed by atoms with Crippen LogP contribution in [0.25, 0.3) is 0 Å². The highest BCUT2D eigenvalue weighted by Gasteiger charge is 2.29. The molecule has 3 N–H and O–H groups in total. The maximum Gasteiger partial charge on any atom is 0.255 e. The van der Waals surface area contributed by atoms with Crippen LogP contribution in [0.15, 0.2) is 12.1 Å². The molecule has 2 atom stereocenters.